The van der Waals surface area contributed by atoms with Gasteiger partial charge < -0.3 is 19.2 Å². The summed E-state index contributed by atoms with van der Waals surface area (Å²) in [6, 6.07) is 11.9. The van der Waals surface area contributed by atoms with E-state index in [1.165, 1.54) is 0 Å². The van der Waals surface area contributed by atoms with Crippen LogP contribution in [-0.2, 0) is 17.0 Å². The number of thioether (sulfide) groups is 1. The summed E-state index contributed by atoms with van der Waals surface area (Å²) in [4.78, 5) is 0. The topological polar surface area (TPSA) is 43.6 Å². The zero-order valence-corrected chi connectivity index (χ0v) is 13.2. The number of benzene rings is 1. The second-order valence-corrected chi connectivity index (χ2v) is 5.39. The molecule has 2 aromatic rings. The first-order chi connectivity index (χ1) is 10.3. The van der Waals surface area contributed by atoms with Crippen LogP contribution in [0.1, 0.15) is 11.5 Å². The van der Waals surface area contributed by atoms with E-state index in [2.05, 4.69) is 11.6 Å². The smallest absolute Gasteiger partial charge is 0.123 e. The molecule has 0 aliphatic heterocycles. The molecule has 4 nitrogen and oxygen atoms in total. The summed E-state index contributed by atoms with van der Waals surface area (Å²) < 4.78 is 16.2. The molecule has 0 unspecified atom stereocenters. The molecule has 0 radical (unpaired) electrons. The lowest BCUT2D eigenvalue weighted by molar-refractivity contribution is 0.146. The number of hydrogen-bond donors (Lipinski definition) is 1. The molecule has 21 heavy (non-hydrogen) atoms. The second kappa shape index (κ2) is 8.64. The van der Waals surface area contributed by atoms with Gasteiger partial charge in [0, 0.05) is 12.8 Å². The van der Waals surface area contributed by atoms with Gasteiger partial charge in [-0.2, -0.15) is 11.8 Å². The highest BCUT2D eigenvalue weighted by Gasteiger charge is 2.02. The van der Waals surface area contributed by atoms with Gasteiger partial charge in [0.25, 0.3) is 0 Å². The number of rotatable bonds is 9. The maximum absolute atomic E-state index is 5.71. The molecule has 0 saturated heterocycles. The van der Waals surface area contributed by atoms with E-state index >= 15 is 0 Å². The number of hydrogen-bond acceptors (Lipinski definition) is 5. The number of nitrogens with one attached hydrogen (secondary N) is 1. The molecular weight excluding hydrogens is 286 g/mol. The molecule has 1 N–H and O–H groups in total. The Morgan fingerprint density at radius 2 is 1.81 bits per heavy atom. The summed E-state index contributed by atoms with van der Waals surface area (Å²) in [6.45, 7) is 1.84. The first-order valence-electron chi connectivity index (χ1n) is 6.84. The fourth-order valence-corrected chi connectivity index (χ4v) is 2.28. The molecule has 1 aromatic heterocycles. The molecule has 1 aromatic carbocycles. The molecule has 2 rings (SSSR count). The molecule has 0 aliphatic rings. The molecule has 0 saturated carbocycles. The lowest BCUT2D eigenvalue weighted by Gasteiger charge is -2.08. The first kappa shape index (κ1) is 15.8. The van der Waals surface area contributed by atoms with E-state index in [4.69, 9.17) is 13.9 Å². The van der Waals surface area contributed by atoms with Crippen molar-refractivity contribution >= 4 is 17.4 Å². The molecule has 0 aliphatic carbocycles. The molecule has 1 heterocycles. The van der Waals surface area contributed by atoms with Crippen molar-refractivity contribution in [1.82, 2.24) is 0 Å². The highest BCUT2D eigenvalue weighted by Crippen LogP contribution is 2.18. The van der Waals surface area contributed by atoms with E-state index in [0.717, 1.165) is 28.7 Å². The van der Waals surface area contributed by atoms with Gasteiger partial charge in [-0.05, 0) is 42.7 Å². The van der Waals surface area contributed by atoms with Crippen LogP contribution in [-0.4, -0.2) is 26.6 Å². The van der Waals surface area contributed by atoms with Gasteiger partial charge in [0.05, 0.1) is 18.9 Å². The number of furan rings is 1. The van der Waals surface area contributed by atoms with Crippen molar-refractivity contribution in [3.63, 3.8) is 0 Å². The minimum Gasteiger partial charge on any atom is -0.491 e. The van der Waals surface area contributed by atoms with Crippen LogP contribution in [0.15, 0.2) is 40.8 Å². The highest BCUT2D eigenvalue weighted by molar-refractivity contribution is 7.97. The molecule has 0 spiro atoms. The van der Waals surface area contributed by atoms with E-state index in [1.54, 1.807) is 18.9 Å². The maximum Gasteiger partial charge on any atom is 0.123 e. The van der Waals surface area contributed by atoms with E-state index < -0.39 is 0 Å². The Balaban J connectivity index is 1.79. The van der Waals surface area contributed by atoms with Crippen LogP contribution in [0.3, 0.4) is 0 Å². The van der Waals surface area contributed by atoms with Crippen molar-refractivity contribution < 1.29 is 13.9 Å². The average molecular weight is 307 g/mol. The van der Waals surface area contributed by atoms with Gasteiger partial charge in [-0.3, -0.25) is 0 Å². The van der Waals surface area contributed by atoms with Crippen molar-refractivity contribution in [3.8, 4) is 5.75 Å². The quantitative estimate of drug-likeness (QED) is 0.714. The van der Waals surface area contributed by atoms with Crippen molar-refractivity contribution in [3.05, 3.63) is 47.9 Å². The van der Waals surface area contributed by atoms with Gasteiger partial charge in [-0.25, -0.2) is 0 Å². The zero-order chi connectivity index (χ0) is 14.9. The van der Waals surface area contributed by atoms with Crippen LogP contribution >= 0.6 is 11.8 Å². The average Bonchev–Trinajstić information content (AvgIpc) is 2.95. The SMILES string of the molecule is COCCOc1ccc(NCc2ccc(CSC)o2)cc1. The summed E-state index contributed by atoms with van der Waals surface area (Å²) >= 11 is 1.76. The molecule has 0 bridgehead atoms. The third kappa shape index (κ3) is 5.36. The fraction of sp³-hybridized carbons (Fsp3) is 0.375. The van der Waals surface area contributed by atoms with E-state index in [1.807, 2.05) is 36.4 Å². The van der Waals surface area contributed by atoms with Gasteiger partial charge >= 0.3 is 0 Å². The largest absolute Gasteiger partial charge is 0.491 e. The zero-order valence-electron chi connectivity index (χ0n) is 12.4. The van der Waals surface area contributed by atoms with Crippen molar-refractivity contribution in [2.75, 3.05) is 31.9 Å². The predicted molar refractivity (Wildman–Crippen MR) is 87.1 cm³/mol. The lowest BCUT2D eigenvalue weighted by Crippen LogP contribution is -2.04. The Kier molecular flexibility index (Phi) is 6.50. The summed E-state index contributed by atoms with van der Waals surface area (Å²) in [5, 5.41) is 3.33. The minimum atomic E-state index is 0.563. The standard InChI is InChI=1S/C16H21NO3S/c1-18-9-10-19-14-5-3-13(4-6-14)17-11-15-7-8-16(20-15)12-21-2/h3-8,17H,9-12H2,1-2H3. The third-order valence-electron chi connectivity index (χ3n) is 2.88. The van der Waals surface area contributed by atoms with Crippen molar-refractivity contribution in [2.24, 2.45) is 0 Å². The van der Waals surface area contributed by atoms with Crippen LogP contribution in [0, 0.1) is 0 Å². The highest BCUT2D eigenvalue weighted by atomic mass is 32.2. The summed E-state index contributed by atoms with van der Waals surface area (Å²) in [5.74, 6) is 3.71. The van der Waals surface area contributed by atoms with E-state index in [-0.39, 0.29) is 0 Å². The Bertz CT molecular complexity index is 525. The third-order valence-corrected chi connectivity index (χ3v) is 3.45. The maximum atomic E-state index is 5.71. The Hall–Kier alpha value is -1.59. The number of ether oxygens (including phenoxy) is 2. The number of methoxy groups -OCH3 is 1. The van der Waals surface area contributed by atoms with Crippen LogP contribution < -0.4 is 10.1 Å². The van der Waals surface area contributed by atoms with Crippen LogP contribution in [0.25, 0.3) is 0 Å². The molecule has 114 valence electrons. The molecule has 0 fully saturated rings. The van der Waals surface area contributed by atoms with E-state index in [0.29, 0.717) is 19.8 Å². The van der Waals surface area contributed by atoms with Gasteiger partial charge in [0.1, 0.15) is 23.9 Å². The lowest BCUT2D eigenvalue weighted by atomic mass is 10.3. The molecular formula is C16H21NO3S. The van der Waals surface area contributed by atoms with Crippen LogP contribution in [0.4, 0.5) is 5.69 Å². The van der Waals surface area contributed by atoms with Crippen LogP contribution in [0.2, 0.25) is 0 Å². The normalized spacial score (nSPS) is 10.6. The van der Waals surface area contributed by atoms with Gasteiger partial charge in [0.2, 0.25) is 0 Å². The minimum absolute atomic E-state index is 0.563. The molecule has 0 atom stereocenters. The van der Waals surface area contributed by atoms with Gasteiger partial charge in [-0.15, -0.1) is 0 Å². The fourth-order valence-electron chi connectivity index (χ4n) is 1.84. The number of anilines is 1. The Morgan fingerprint density at radius 1 is 1.05 bits per heavy atom. The molecule has 0 amide bonds. The van der Waals surface area contributed by atoms with E-state index in [9.17, 15) is 0 Å². The Labute approximate surface area is 129 Å². The predicted octanol–water partition coefficient (Wildman–Crippen LogP) is 3.78. The van der Waals surface area contributed by atoms with Crippen molar-refractivity contribution in [1.29, 1.82) is 0 Å². The van der Waals surface area contributed by atoms with Crippen LogP contribution in [0.5, 0.6) is 5.75 Å². The Morgan fingerprint density at radius 3 is 2.52 bits per heavy atom. The monoisotopic (exact) mass is 307 g/mol. The van der Waals surface area contributed by atoms with Gasteiger partial charge in [-0.1, -0.05) is 0 Å². The van der Waals surface area contributed by atoms with Gasteiger partial charge in [0.15, 0.2) is 0 Å². The summed E-state index contributed by atoms with van der Waals surface area (Å²) in [7, 11) is 1.66. The summed E-state index contributed by atoms with van der Waals surface area (Å²) in [6.07, 6.45) is 2.07. The first-order valence-corrected chi connectivity index (χ1v) is 8.23. The second-order valence-electron chi connectivity index (χ2n) is 4.52. The molecule has 5 heteroatoms. The van der Waals surface area contributed by atoms with Crippen molar-refractivity contribution in [2.45, 2.75) is 12.3 Å². The summed E-state index contributed by atoms with van der Waals surface area (Å²) in [5.41, 5.74) is 1.04.